The van der Waals surface area contributed by atoms with Crippen molar-refractivity contribution in [1.29, 1.82) is 0 Å². The van der Waals surface area contributed by atoms with Gasteiger partial charge in [0.1, 0.15) is 11.6 Å². The largest absolute Gasteiger partial charge is 0.497 e. The summed E-state index contributed by atoms with van der Waals surface area (Å²) in [4.78, 5) is 35.4. The predicted molar refractivity (Wildman–Crippen MR) is 167 cm³/mol. The summed E-state index contributed by atoms with van der Waals surface area (Å²) in [5.74, 6) is 2.05. The van der Waals surface area contributed by atoms with Gasteiger partial charge < -0.3 is 10.1 Å². The molecule has 1 aromatic heterocycles. The molecule has 43 heavy (non-hydrogen) atoms. The first-order chi connectivity index (χ1) is 20.3. The van der Waals surface area contributed by atoms with Gasteiger partial charge in [0.15, 0.2) is 0 Å². The van der Waals surface area contributed by atoms with E-state index >= 15 is 0 Å². The van der Waals surface area contributed by atoms with Gasteiger partial charge in [0.05, 0.1) is 30.4 Å². The third-order valence-electron chi connectivity index (χ3n) is 9.55. The fourth-order valence-electron chi connectivity index (χ4n) is 6.49. The Hall–Kier alpha value is -3.95. The molecule has 230 valence electrons. The van der Waals surface area contributed by atoms with Crippen molar-refractivity contribution >= 4 is 28.5 Å². The number of ether oxygens (including phenoxy) is 1. The maximum absolute atomic E-state index is 14.4. The van der Waals surface area contributed by atoms with E-state index < -0.39 is 5.41 Å². The molecule has 3 aliphatic rings. The summed E-state index contributed by atoms with van der Waals surface area (Å²) in [5.41, 5.74) is 7.08. The minimum absolute atomic E-state index is 0.125. The average molecular weight is 591 g/mol. The Morgan fingerprint density at radius 2 is 1.93 bits per heavy atom. The van der Waals surface area contributed by atoms with Crippen LogP contribution in [0.3, 0.4) is 0 Å². The molecule has 6 rings (SSSR count). The number of carbonyl (C=O) groups excluding carboxylic acids is 1. The van der Waals surface area contributed by atoms with Crippen LogP contribution in [0, 0.1) is 34.4 Å². The van der Waals surface area contributed by atoms with Crippen molar-refractivity contribution in [2.24, 2.45) is 33.6 Å². The van der Waals surface area contributed by atoms with Crippen LogP contribution in [0.2, 0.25) is 0 Å². The van der Waals surface area contributed by atoms with E-state index in [0.29, 0.717) is 63.5 Å². The van der Waals surface area contributed by atoms with E-state index in [9.17, 15) is 14.0 Å². The van der Waals surface area contributed by atoms with Gasteiger partial charge in [-0.25, -0.2) is 14.4 Å². The van der Waals surface area contributed by atoms with Crippen LogP contribution in [0.25, 0.3) is 10.9 Å². The summed E-state index contributed by atoms with van der Waals surface area (Å²) >= 11 is 0. The molecule has 9 nitrogen and oxygen atoms in total. The highest BCUT2D eigenvalue weighted by Gasteiger charge is 2.56. The van der Waals surface area contributed by atoms with Crippen LogP contribution < -0.4 is 26.5 Å². The fourth-order valence-corrected chi connectivity index (χ4v) is 6.49. The Balaban J connectivity index is 1.34. The lowest BCUT2D eigenvalue weighted by atomic mass is 9.45. The third-order valence-corrected chi connectivity index (χ3v) is 9.55. The van der Waals surface area contributed by atoms with Gasteiger partial charge in [-0.15, -0.1) is 0 Å². The Bertz CT molecular complexity index is 1610. The third kappa shape index (κ3) is 6.24. The highest BCUT2D eigenvalue weighted by Crippen LogP contribution is 2.61. The van der Waals surface area contributed by atoms with E-state index in [1.165, 1.54) is 30.5 Å². The average Bonchev–Trinajstić information content (AvgIpc) is 2.96. The van der Waals surface area contributed by atoms with E-state index in [1.54, 1.807) is 30.3 Å². The second kappa shape index (κ2) is 11.6. The topological polar surface area (TPSA) is 110 Å². The maximum atomic E-state index is 14.4. The van der Waals surface area contributed by atoms with Gasteiger partial charge in [-0.2, -0.15) is 0 Å². The van der Waals surface area contributed by atoms with Crippen LogP contribution in [0.1, 0.15) is 59.9 Å². The van der Waals surface area contributed by atoms with Gasteiger partial charge in [-0.05, 0) is 72.3 Å². The van der Waals surface area contributed by atoms with Crippen molar-refractivity contribution in [3.05, 3.63) is 64.5 Å². The molecule has 0 radical (unpaired) electrons. The number of hydrogen-bond acceptors (Lipinski definition) is 5. The van der Waals surface area contributed by atoms with Gasteiger partial charge >= 0.3 is 0 Å². The number of amides is 1. The smallest absolute Gasteiger partial charge is 0.261 e. The number of aliphatic imine (C=N–C) groups is 1. The van der Waals surface area contributed by atoms with Crippen molar-refractivity contribution in [3.8, 4) is 5.75 Å². The molecule has 3 fully saturated rings. The number of nitrogens with zero attached hydrogens (tertiary/aromatic N) is 3. The molecule has 1 amide bonds. The summed E-state index contributed by atoms with van der Waals surface area (Å²) in [7, 11) is 1.49. The first-order valence-electron chi connectivity index (χ1n) is 15.0. The van der Waals surface area contributed by atoms with E-state index in [0.717, 1.165) is 6.42 Å². The lowest BCUT2D eigenvalue weighted by Crippen LogP contribution is -2.57. The molecule has 0 aliphatic heterocycles. The zero-order valence-electron chi connectivity index (χ0n) is 26.1. The maximum Gasteiger partial charge on any atom is 0.261 e. The van der Waals surface area contributed by atoms with Crippen molar-refractivity contribution in [1.82, 2.24) is 20.4 Å². The molecule has 4 atom stereocenters. The van der Waals surface area contributed by atoms with Crippen molar-refractivity contribution < 1.29 is 13.9 Å². The summed E-state index contributed by atoms with van der Waals surface area (Å²) in [6, 6.07) is 10.1. The molecule has 2 aromatic carbocycles. The summed E-state index contributed by atoms with van der Waals surface area (Å²) in [6.45, 7) is 12.8. The van der Waals surface area contributed by atoms with Crippen LogP contribution in [0.5, 0.6) is 5.75 Å². The SMILES string of the molecule is COc1ccc(CCn2cnc3cc(NC(=N[C@H]4C[C@H]5C[C@@H]([C@@H]4C)C5(C)C)NNC(=O)C(C)(C)C)ccc3c2=O)c(F)c1. The number of fused-ring (bicyclic) bond motifs is 3. The number of methoxy groups -OCH3 is 1. The number of guanidine groups is 1. The number of hydrogen-bond donors (Lipinski definition) is 3. The zero-order chi connectivity index (χ0) is 31.1. The van der Waals surface area contributed by atoms with Crippen LogP contribution in [0.15, 0.2) is 52.5 Å². The van der Waals surface area contributed by atoms with Crippen LogP contribution in [-0.4, -0.2) is 34.6 Å². The quantitative estimate of drug-likeness (QED) is 0.204. The normalized spacial score (nSPS) is 22.9. The van der Waals surface area contributed by atoms with Crippen LogP contribution >= 0.6 is 0 Å². The Kier molecular flexibility index (Phi) is 8.24. The number of aryl methyl sites for hydroxylation is 2. The predicted octanol–water partition coefficient (Wildman–Crippen LogP) is 5.29. The summed E-state index contributed by atoms with van der Waals surface area (Å²) in [6.07, 6.45) is 4.08. The zero-order valence-corrected chi connectivity index (χ0v) is 26.1. The summed E-state index contributed by atoms with van der Waals surface area (Å²) in [5, 5.41) is 3.77. The van der Waals surface area contributed by atoms with Gasteiger partial charge in [-0.1, -0.05) is 47.6 Å². The highest BCUT2D eigenvalue weighted by atomic mass is 19.1. The van der Waals surface area contributed by atoms with Gasteiger partial charge in [0, 0.05) is 23.7 Å². The molecule has 1 heterocycles. The molecule has 0 saturated heterocycles. The molecule has 3 N–H and O–H groups in total. The fraction of sp³-hybridized carbons (Fsp3) is 0.515. The molecule has 10 heteroatoms. The molecule has 2 bridgehead atoms. The number of hydrazine groups is 1. The van der Waals surface area contributed by atoms with E-state index in [-0.39, 0.29) is 29.9 Å². The monoisotopic (exact) mass is 590 g/mol. The minimum Gasteiger partial charge on any atom is -0.497 e. The van der Waals surface area contributed by atoms with Gasteiger partial charge in [0.25, 0.3) is 5.56 Å². The lowest BCUT2D eigenvalue weighted by Gasteiger charge is -2.61. The summed E-state index contributed by atoms with van der Waals surface area (Å²) < 4.78 is 21.0. The molecule has 0 spiro atoms. The number of halogens is 1. The van der Waals surface area contributed by atoms with E-state index in [4.69, 9.17) is 9.73 Å². The number of aromatic nitrogens is 2. The number of carbonyl (C=O) groups is 1. The number of nitrogens with one attached hydrogen (secondary N) is 3. The highest BCUT2D eigenvalue weighted by molar-refractivity contribution is 5.97. The second-order valence-electron chi connectivity index (χ2n) is 13.6. The lowest BCUT2D eigenvalue weighted by molar-refractivity contribution is -0.129. The van der Waals surface area contributed by atoms with Gasteiger partial charge in [0.2, 0.25) is 11.9 Å². The minimum atomic E-state index is -0.576. The Morgan fingerprint density at radius 1 is 1.16 bits per heavy atom. The number of benzene rings is 2. The second-order valence-corrected chi connectivity index (χ2v) is 13.6. The standard InChI is InChI=1S/C33H43FN6O3/c1-19-25-14-21(33(25,5)6)15-27(19)37-31(39-38-30(42)32(2,3)4)36-22-9-11-24-28(16-22)35-18-40(29(24)41)13-12-20-8-10-23(43-7)17-26(20)34/h8-11,16-19,21,25,27H,12-15H2,1-7H3,(H,38,42)(H2,36,37,39)/t19-,21+,25-,27-/m0/s1. The molecule has 0 unspecified atom stereocenters. The van der Waals surface area contributed by atoms with Crippen LogP contribution in [0.4, 0.5) is 10.1 Å². The molecular weight excluding hydrogens is 547 g/mol. The van der Waals surface area contributed by atoms with Crippen LogP contribution in [-0.2, 0) is 17.8 Å². The van der Waals surface area contributed by atoms with Gasteiger partial charge in [-0.3, -0.25) is 25.0 Å². The van der Waals surface area contributed by atoms with E-state index in [2.05, 4.69) is 41.9 Å². The molecule has 3 saturated carbocycles. The first-order valence-corrected chi connectivity index (χ1v) is 15.0. The number of anilines is 1. The first kappa shape index (κ1) is 30.5. The molecular formula is C33H43FN6O3. The molecule has 3 aromatic rings. The van der Waals surface area contributed by atoms with E-state index in [1.807, 2.05) is 20.8 Å². The van der Waals surface area contributed by atoms with Crippen molar-refractivity contribution in [2.75, 3.05) is 12.4 Å². The Morgan fingerprint density at radius 3 is 2.58 bits per heavy atom. The molecule has 3 aliphatic carbocycles. The Labute approximate surface area is 252 Å². The van der Waals surface area contributed by atoms with Crippen molar-refractivity contribution in [3.63, 3.8) is 0 Å². The van der Waals surface area contributed by atoms with Crippen molar-refractivity contribution in [2.45, 2.75) is 73.4 Å². The number of rotatable bonds is 6.